The summed E-state index contributed by atoms with van der Waals surface area (Å²) in [6.45, 7) is 6.61. The SMILES string of the molecule is Cc1nc(N2CCCCC2)cc(N2CCCCC2)n1. The van der Waals surface area contributed by atoms with Gasteiger partial charge in [-0.1, -0.05) is 0 Å². The Labute approximate surface area is 115 Å². The van der Waals surface area contributed by atoms with Crippen molar-refractivity contribution in [3.8, 4) is 0 Å². The van der Waals surface area contributed by atoms with Gasteiger partial charge in [-0.15, -0.1) is 0 Å². The van der Waals surface area contributed by atoms with Gasteiger partial charge in [0.25, 0.3) is 0 Å². The average molecular weight is 260 g/mol. The standard InChI is InChI=1S/C15H24N4/c1-13-16-14(18-8-4-2-5-9-18)12-15(17-13)19-10-6-3-7-11-19/h12H,2-11H2,1H3. The Kier molecular flexibility index (Phi) is 3.85. The number of piperidine rings is 2. The van der Waals surface area contributed by atoms with Crippen molar-refractivity contribution in [2.45, 2.75) is 45.4 Å². The molecule has 0 saturated carbocycles. The fourth-order valence-electron chi connectivity index (χ4n) is 3.11. The predicted octanol–water partition coefficient (Wildman–Crippen LogP) is 2.77. The Morgan fingerprint density at radius 3 is 1.58 bits per heavy atom. The van der Waals surface area contributed by atoms with Crippen molar-refractivity contribution in [1.82, 2.24) is 9.97 Å². The summed E-state index contributed by atoms with van der Waals surface area (Å²) in [5, 5.41) is 0. The summed E-state index contributed by atoms with van der Waals surface area (Å²) in [5.41, 5.74) is 0. The molecule has 0 radical (unpaired) electrons. The third-order valence-electron chi connectivity index (χ3n) is 4.17. The van der Waals surface area contributed by atoms with Gasteiger partial charge in [-0.2, -0.15) is 0 Å². The highest BCUT2D eigenvalue weighted by Gasteiger charge is 2.17. The highest BCUT2D eigenvalue weighted by molar-refractivity contribution is 5.51. The molecule has 2 aliphatic heterocycles. The lowest BCUT2D eigenvalue weighted by Crippen LogP contribution is -2.33. The third-order valence-corrected chi connectivity index (χ3v) is 4.17. The topological polar surface area (TPSA) is 32.3 Å². The van der Waals surface area contributed by atoms with E-state index < -0.39 is 0 Å². The molecule has 19 heavy (non-hydrogen) atoms. The van der Waals surface area contributed by atoms with Gasteiger partial charge in [0.1, 0.15) is 17.5 Å². The molecule has 0 spiro atoms. The highest BCUT2D eigenvalue weighted by Crippen LogP contribution is 2.24. The first-order valence-corrected chi connectivity index (χ1v) is 7.68. The van der Waals surface area contributed by atoms with E-state index >= 15 is 0 Å². The van der Waals surface area contributed by atoms with Crippen LogP contribution in [0.2, 0.25) is 0 Å². The summed E-state index contributed by atoms with van der Waals surface area (Å²) in [5.74, 6) is 3.17. The van der Waals surface area contributed by atoms with E-state index in [1.807, 2.05) is 6.92 Å². The number of rotatable bonds is 2. The molecule has 0 aliphatic carbocycles. The van der Waals surface area contributed by atoms with E-state index in [0.717, 1.165) is 43.6 Å². The van der Waals surface area contributed by atoms with E-state index in [2.05, 4.69) is 25.8 Å². The summed E-state index contributed by atoms with van der Waals surface area (Å²) < 4.78 is 0. The second-order valence-electron chi connectivity index (χ2n) is 5.73. The van der Waals surface area contributed by atoms with Gasteiger partial charge in [0.15, 0.2) is 0 Å². The van der Waals surface area contributed by atoms with Crippen LogP contribution >= 0.6 is 0 Å². The maximum atomic E-state index is 4.64. The van der Waals surface area contributed by atoms with Gasteiger partial charge >= 0.3 is 0 Å². The fourth-order valence-corrected chi connectivity index (χ4v) is 3.11. The summed E-state index contributed by atoms with van der Waals surface area (Å²) in [6.07, 6.45) is 7.90. The average Bonchev–Trinajstić information content (AvgIpc) is 2.48. The van der Waals surface area contributed by atoms with Gasteiger partial charge in [-0.3, -0.25) is 0 Å². The van der Waals surface area contributed by atoms with Crippen LogP contribution in [0.5, 0.6) is 0 Å². The lowest BCUT2D eigenvalue weighted by molar-refractivity contribution is 0.565. The molecule has 1 aromatic rings. The van der Waals surface area contributed by atoms with E-state index in [4.69, 9.17) is 0 Å². The molecule has 4 nitrogen and oxygen atoms in total. The largest absolute Gasteiger partial charge is 0.356 e. The molecule has 0 bridgehead atoms. The number of nitrogens with zero attached hydrogens (tertiary/aromatic N) is 4. The van der Waals surface area contributed by atoms with E-state index in [9.17, 15) is 0 Å². The maximum Gasteiger partial charge on any atom is 0.134 e. The Hall–Kier alpha value is -1.32. The van der Waals surface area contributed by atoms with E-state index in [-0.39, 0.29) is 0 Å². The van der Waals surface area contributed by atoms with E-state index in [1.165, 1.54) is 38.5 Å². The van der Waals surface area contributed by atoms with Crippen molar-refractivity contribution < 1.29 is 0 Å². The maximum absolute atomic E-state index is 4.64. The number of aryl methyl sites for hydroxylation is 1. The molecule has 2 saturated heterocycles. The van der Waals surface area contributed by atoms with E-state index in [1.54, 1.807) is 0 Å². The summed E-state index contributed by atoms with van der Waals surface area (Å²) in [7, 11) is 0. The van der Waals surface area contributed by atoms with Gasteiger partial charge in [-0.25, -0.2) is 9.97 Å². The number of hydrogen-bond donors (Lipinski definition) is 0. The van der Waals surface area contributed by atoms with Gasteiger partial charge in [0.05, 0.1) is 0 Å². The van der Waals surface area contributed by atoms with Crippen molar-refractivity contribution >= 4 is 11.6 Å². The molecule has 3 rings (SSSR count). The minimum atomic E-state index is 0.906. The van der Waals surface area contributed by atoms with Crippen LogP contribution in [0.15, 0.2) is 6.07 Å². The van der Waals surface area contributed by atoms with Gasteiger partial charge < -0.3 is 9.80 Å². The monoisotopic (exact) mass is 260 g/mol. The van der Waals surface area contributed by atoms with Gasteiger partial charge in [0, 0.05) is 32.2 Å². The zero-order valence-corrected chi connectivity index (χ0v) is 11.9. The van der Waals surface area contributed by atoms with E-state index in [0.29, 0.717) is 0 Å². The second-order valence-corrected chi connectivity index (χ2v) is 5.73. The smallest absolute Gasteiger partial charge is 0.134 e. The molecule has 4 heteroatoms. The molecular weight excluding hydrogens is 236 g/mol. The molecule has 104 valence electrons. The van der Waals surface area contributed by atoms with Gasteiger partial charge in [0.2, 0.25) is 0 Å². The second kappa shape index (κ2) is 5.76. The first-order valence-electron chi connectivity index (χ1n) is 7.68. The third kappa shape index (κ3) is 2.99. The molecule has 0 aromatic carbocycles. The van der Waals surface area contributed by atoms with Crippen LogP contribution in [0, 0.1) is 6.92 Å². The van der Waals surface area contributed by atoms with Crippen LogP contribution in [0.25, 0.3) is 0 Å². The van der Waals surface area contributed by atoms with Crippen LogP contribution in [-0.2, 0) is 0 Å². The van der Waals surface area contributed by atoms with Crippen LogP contribution < -0.4 is 9.80 Å². The fraction of sp³-hybridized carbons (Fsp3) is 0.733. The quantitative estimate of drug-likeness (QED) is 0.818. The zero-order valence-electron chi connectivity index (χ0n) is 11.9. The molecule has 0 atom stereocenters. The van der Waals surface area contributed by atoms with Crippen LogP contribution in [0.3, 0.4) is 0 Å². The minimum Gasteiger partial charge on any atom is -0.356 e. The molecule has 2 aliphatic rings. The Bertz CT molecular complexity index is 384. The zero-order chi connectivity index (χ0) is 13.1. The molecule has 0 amide bonds. The first kappa shape index (κ1) is 12.7. The highest BCUT2D eigenvalue weighted by atomic mass is 15.2. The van der Waals surface area contributed by atoms with Gasteiger partial charge in [-0.05, 0) is 45.4 Å². The molecule has 0 N–H and O–H groups in total. The molecule has 0 unspecified atom stereocenters. The number of aromatic nitrogens is 2. The van der Waals surface area contributed by atoms with Crippen molar-refractivity contribution in [3.05, 3.63) is 11.9 Å². The van der Waals surface area contributed by atoms with Crippen molar-refractivity contribution in [2.24, 2.45) is 0 Å². The lowest BCUT2D eigenvalue weighted by Gasteiger charge is -2.31. The predicted molar refractivity (Wildman–Crippen MR) is 78.9 cm³/mol. The number of hydrogen-bond acceptors (Lipinski definition) is 4. The molecule has 1 aromatic heterocycles. The van der Waals surface area contributed by atoms with Crippen LogP contribution in [-0.4, -0.2) is 36.1 Å². The van der Waals surface area contributed by atoms with Crippen molar-refractivity contribution in [2.75, 3.05) is 36.0 Å². The normalized spacial score (nSPS) is 20.7. The van der Waals surface area contributed by atoms with Crippen LogP contribution in [0.4, 0.5) is 11.6 Å². The summed E-state index contributed by atoms with van der Waals surface area (Å²) in [6, 6.07) is 2.20. The van der Waals surface area contributed by atoms with Crippen molar-refractivity contribution in [1.29, 1.82) is 0 Å². The molecule has 3 heterocycles. The molecular formula is C15H24N4. The Balaban J connectivity index is 1.82. The molecule has 2 fully saturated rings. The Morgan fingerprint density at radius 2 is 1.16 bits per heavy atom. The Morgan fingerprint density at radius 1 is 0.737 bits per heavy atom. The number of anilines is 2. The minimum absolute atomic E-state index is 0.906. The summed E-state index contributed by atoms with van der Waals surface area (Å²) in [4.78, 5) is 14.1. The van der Waals surface area contributed by atoms with Crippen molar-refractivity contribution in [3.63, 3.8) is 0 Å². The lowest BCUT2D eigenvalue weighted by atomic mass is 10.1. The van der Waals surface area contributed by atoms with Crippen LogP contribution in [0.1, 0.15) is 44.3 Å². The first-order chi connectivity index (χ1) is 9.33. The summed E-state index contributed by atoms with van der Waals surface area (Å²) >= 11 is 0.